The van der Waals surface area contributed by atoms with Gasteiger partial charge in [0.15, 0.2) is 0 Å². The van der Waals surface area contributed by atoms with Crippen LogP contribution in [0, 0.1) is 11.7 Å². The van der Waals surface area contributed by atoms with Crippen molar-refractivity contribution in [1.29, 1.82) is 0 Å². The number of rotatable bonds is 5. The monoisotopic (exact) mass is 279 g/mol. The van der Waals surface area contributed by atoms with Gasteiger partial charge < -0.3 is 15.5 Å². The van der Waals surface area contributed by atoms with Crippen LogP contribution in [0.15, 0.2) is 18.2 Å². The first-order chi connectivity index (χ1) is 9.58. The van der Waals surface area contributed by atoms with Gasteiger partial charge in [0.1, 0.15) is 5.82 Å². The van der Waals surface area contributed by atoms with Gasteiger partial charge >= 0.3 is 0 Å². The highest BCUT2D eigenvalue weighted by Gasteiger charge is 2.18. The molecule has 2 N–H and O–H groups in total. The summed E-state index contributed by atoms with van der Waals surface area (Å²) in [5, 5.41) is 0. The zero-order valence-electron chi connectivity index (χ0n) is 12.6. The number of likely N-dealkylation sites (tertiary alicyclic amines) is 1. The predicted molar refractivity (Wildman–Crippen MR) is 80.8 cm³/mol. The number of benzene rings is 1. The van der Waals surface area contributed by atoms with E-state index in [9.17, 15) is 4.39 Å². The lowest BCUT2D eigenvalue weighted by Gasteiger charge is -2.31. The molecule has 112 valence electrons. The summed E-state index contributed by atoms with van der Waals surface area (Å²) in [6.45, 7) is 4.75. The molecule has 0 aliphatic carbocycles. The van der Waals surface area contributed by atoms with Crippen LogP contribution in [0.5, 0.6) is 0 Å². The van der Waals surface area contributed by atoms with E-state index in [-0.39, 0.29) is 5.82 Å². The molecule has 4 heteroatoms. The molecule has 0 aromatic heterocycles. The van der Waals surface area contributed by atoms with Crippen LogP contribution in [0.3, 0.4) is 0 Å². The zero-order chi connectivity index (χ0) is 14.5. The van der Waals surface area contributed by atoms with Crippen molar-refractivity contribution >= 4 is 0 Å². The van der Waals surface area contributed by atoms with Crippen LogP contribution in [0.1, 0.15) is 24.0 Å². The van der Waals surface area contributed by atoms with Crippen molar-refractivity contribution in [3.63, 3.8) is 0 Å². The van der Waals surface area contributed by atoms with Gasteiger partial charge in [-0.3, -0.25) is 0 Å². The van der Waals surface area contributed by atoms with Gasteiger partial charge in [-0.15, -0.1) is 0 Å². The molecule has 1 aromatic rings. The molecule has 0 unspecified atom stereocenters. The molecule has 1 aliphatic rings. The fourth-order valence-corrected chi connectivity index (χ4v) is 2.98. The summed E-state index contributed by atoms with van der Waals surface area (Å²) in [5.41, 5.74) is 7.76. The topological polar surface area (TPSA) is 32.5 Å². The van der Waals surface area contributed by atoms with Gasteiger partial charge in [0.25, 0.3) is 0 Å². The molecule has 0 radical (unpaired) electrons. The molecule has 0 saturated carbocycles. The third-order valence-electron chi connectivity index (χ3n) is 4.24. The summed E-state index contributed by atoms with van der Waals surface area (Å²) < 4.78 is 13.2. The van der Waals surface area contributed by atoms with Crippen LogP contribution in [0.4, 0.5) is 4.39 Å². The van der Waals surface area contributed by atoms with Crippen molar-refractivity contribution in [1.82, 2.24) is 9.80 Å². The maximum Gasteiger partial charge on any atom is 0.123 e. The molecular weight excluding hydrogens is 253 g/mol. The average molecular weight is 279 g/mol. The van der Waals surface area contributed by atoms with Crippen molar-refractivity contribution in [2.45, 2.75) is 25.9 Å². The van der Waals surface area contributed by atoms with Crippen LogP contribution in [-0.2, 0) is 13.1 Å². The Kier molecular flexibility index (Phi) is 5.52. The second kappa shape index (κ2) is 7.16. The Bertz CT molecular complexity index is 428. The third-order valence-corrected chi connectivity index (χ3v) is 4.24. The fraction of sp³-hybridized carbons (Fsp3) is 0.625. The molecule has 1 aromatic carbocycles. The predicted octanol–water partition coefficient (Wildman–Crippen LogP) is 2.06. The normalized spacial score (nSPS) is 17.9. The van der Waals surface area contributed by atoms with E-state index < -0.39 is 0 Å². The van der Waals surface area contributed by atoms with E-state index in [1.807, 2.05) is 6.07 Å². The molecule has 0 spiro atoms. The third kappa shape index (κ3) is 4.27. The SMILES string of the molecule is CN1CCC(CN(C)Cc2ccc(F)cc2CN)CC1. The quantitative estimate of drug-likeness (QED) is 0.895. The van der Waals surface area contributed by atoms with Gasteiger partial charge in [-0.1, -0.05) is 6.07 Å². The van der Waals surface area contributed by atoms with Gasteiger partial charge in [-0.25, -0.2) is 4.39 Å². The van der Waals surface area contributed by atoms with Crippen molar-refractivity contribution in [2.24, 2.45) is 11.7 Å². The molecule has 3 nitrogen and oxygen atoms in total. The lowest BCUT2D eigenvalue weighted by Crippen LogP contribution is -2.35. The molecule has 0 bridgehead atoms. The fourth-order valence-electron chi connectivity index (χ4n) is 2.98. The molecule has 0 amide bonds. The Morgan fingerprint density at radius 2 is 2.00 bits per heavy atom. The van der Waals surface area contributed by atoms with Gasteiger partial charge in [0, 0.05) is 19.6 Å². The van der Waals surface area contributed by atoms with Gasteiger partial charge in [0.2, 0.25) is 0 Å². The lowest BCUT2D eigenvalue weighted by atomic mass is 9.96. The van der Waals surface area contributed by atoms with E-state index >= 15 is 0 Å². The van der Waals surface area contributed by atoms with Crippen molar-refractivity contribution < 1.29 is 4.39 Å². The van der Waals surface area contributed by atoms with Crippen molar-refractivity contribution in [2.75, 3.05) is 33.7 Å². The van der Waals surface area contributed by atoms with Crippen LogP contribution in [-0.4, -0.2) is 43.5 Å². The standard InChI is InChI=1S/C16H26FN3/c1-19-7-5-13(6-8-19)11-20(2)12-14-3-4-16(17)9-15(14)10-18/h3-4,9,13H,5-8,10-12,18H2,1-2H3. The Balaban J connectivity index is 1.89. The van der Waals surface area contributed by atoms with E-state index in [0.717, 1.165) is 30.1 Å². The highest BCUT2D eigenvalue weighted by molar-refractivity contribution is 5.27. The minimum absolute atomic E-state index is 0.202. The van der Waals surface area contributed by atoms with Crippen molar-refractivity contribution in [3.05, 3.63) is 35.1 Å². The molecule has 1 aliphatic heterocycles. The average Bonchev–Trinajstić information content (AvgIpc) is 2.43. The molecule has 0 atom stereocenters. The van der Waals surface area contributed by atoms with Crippen LogP contribution >= 0.6 is 0 Å². The Morgan fingerprint density at radius 3 is 2.65 bits per heavy atom. The number of halogens is 1. The summed E-state index contributed by atoms with van der Waals surface area (Å²) in [7, 11) is 4.33. The number of hydrogen-bond acceptors (Lipinski definition) is 3. The first kappa shape index (κ1) is 15.4. The summed E-state index contributed by atoms with van der Waals surface area (Å²) in [4.78, 5) is 4.73. The van der Waals surface area contributed by atoms with E-state index in [2.05, 4.69) is 23.9 Å². The van der Waals surface area contributed by atoms with Gasteiger partial charge in [-0.05, 0) is 69.2 Å². The zero-order valence-corrected chi connectivity index (χ0v) is 12.6. The summed E-state index contributed by atoms with van der Waals surface area (Å²) in [6, 6.07) is 4.94. The number of piperidine rings is 1. The Labute approximate surface area is 121 Å². The van der Waals surface area contributed by atoms with Crippen LogP contribution in [0.25, 0.3) is 0 Å². The Hall–Kier alpha value is -0.970. The van der Waals surface area contributed by atoms with E-state index in [1.54, 1.807) is 6.07 Å². The van der Waals surface area contributed by atoms with E-state index in [1.165, 1.54) is 32.0 Å². The first-order valence-corrected chi connectivity index (χ1v) is 7.43. The van der Waals surface area contributed by atoms with Crippen LogP contribution < -0.4 is 5.73 Å². The Morgan fingerprint density at radius 1 is 1.30 bits per heavy atom. The van der Waals surface area contributed by atoms with Gasteiger partial charge in [-0.2, -0.15) is 0 Å². The first-order valence-electron chi connectivity index (χ1n) is 7.43. The number of nitrogens with zero attached hydrogens (tertiary/aromatic N) is 2. The summed E-state index contributed by atoms with van der Waals surface area (Å²) in [5.74, 6) is 0.574. The van der Waals surface area contributed by atoms with E-state index in [4.69, 9.17) is 5.73 Å². The van der Waals surface area contributed by atoms with E-state index in [0.29, 0.717) is 6.54 Å². The summed E-state index contributed by atoms with van der Waals surface area (Å²) in [6.07, 6.45) is 2.54. The largest absolute Gasteiger partial charge is 0.326 e. The maximum absolute atomic E-state index is 13.2. The second-order valence-corrected chi connectivity index (χ2v) is 6.06. The van der Waals surface area contributed by atoms with Crippen LogP contribution in [0.2, 0.25) is 0 Å². The number of nitrogens with two attached hydrogens (primary N) is 1. The molecule has 1 fully saturated rings. The summed E-state index contributed by atoms with van der Waals surface area (Å²) >= 11 is 0. The van der Waals surface area contributed by atoms with Crippen molar-refractivity contribution in [3.8, 4) is 0 Å². The molecular formula is C16H26FN3. The molecule has 1 heterocycles. The minimum Gasteiger partial charge on any atom is -0.326 e. The highest BCUT2D eigenvalue weighted by atomic mass is 19.1. The lowest BCUT2D eigenvalue weighted by molar-refractivity contribution is 0.173. The molecule has 2 rings (SSSR count). The maximum atomic E-state index is 13.2. The molecule has 20 heavy (non-hydrogen) atoms. The minimum atomic E-state index is -0.202. The van der Waals surface area contributed by atoms with Gasteiger partial charge in [0.05, 0.1) is 0 Å². The molecule has 1 saturated heterocycles. The second-order valence-electron chi connectivity index (χ2n) is 6.06. The highest BCUT2D eigenvalue weighted by Crippen LogP contribution is 2.19. The number of hydrogen-bond donors (Lipinski definition) is 1. The smallest absolute Gasteiger partial charge is 0.123 e.